The van der Waals surface area contributed by atoms with Gasteiger partial charge in [0.25, 0.3) is 0 Å². The van der Waals surface area contributed by atoms with Crippen LogP contribution in [0.4, 0.5) is 0 Å². The van der Waals surface area contributed by atoms with Crippen LogP contribution >= 0.6 is 0 Å². The van der Waals surface area contributed by atoms with E-state index in [0.29, 0.717) is 5.31 Å². The fourth-order valence-electron chi connectivity index (χ4n) is 1.05. The first-order valence-corrected chi connectivity index (χ1v) is 3.92. The number of rotatable bonds is 0. The molecular formula is C10H17NO. The minimum Gasteiger partial charge on any atom is -0.330 e. The molecule has 0 bridgehead atoms. The maximum Gasteiger partial charge on any atom is 0.227 e. The molecule has 1 saturated heterocycles. The van der Waals surface area contributed by atoms with Crippen molar-refractivity contribution in [3.8, 4) is 0 Å². The number of carbonyl (C=O) groups is 1. The van der Waals surface area contributed by atoms with Crippen molar-refractivity contribution in [2.45, 2.75) is 33.6 Å². The summed E-state index contributed by atoms with van der Waals surface area (Å²) in [7, 11) is 0. The molecule has 0 aromatic carbocycles. The second kappa shape index (κ2) is 2.92. The van der Waals surface area contributed by atoms with Gasteiger partial charge in [-0.3, -0.25) is 4.79 Å². The molecule has 1 rings (SSSR count). The van der Waals surface area contributed by atoms with Crippen LogP contribution in [0.15, 0.2) is 12.3 Å². The fourth-order valence-corrected chi connectivity index (χ4v) is 1.05. The fraction of sp³-hybridized carbons (Fsp3) is 0.700. The van der Waals surface area contributed by atoms with E-state index in [4.69, 9.17) is 5.52 Å². The molecule has 2 heteroatoms. The monoisotopic (exact) mass is 171 g/mol. The molecular weight excluding hydrogens is 150 g/mol. The van der Waals surface area contributed by atoms with Crippen molar-refractivity contribution in [1.29, 1.82) is 0 Å². The van der Waals surface area contributed by atoms with Gasteiger partial charge in [-0.1, -0.05) is 27.4 Å². The Morgan fingerprint density at radius 3 is 2.92 bits per heavy atom. The van der Waals surface area contributed by atoms with Crippen LogP contribution in [0.5, 0.6) is 0 Å². The minimum absolute atomic E-state index is 0.0304. The van der Waals surface area contributed by atoms with Crippen LogP contribution in [-0.4, -0.2) is 5.91 Å². The third kappa shape index (κ3) is 1.87. The molecule has 1 heterocycles. The third-order valence-electron chi connectivity index (χ3n) is 1.73. The first-order chi connectivity index (χ1) is 7.05. The zero-order valence-corrected chi connectivity index (χ0v) is 7.72. The SMILES string of the molecule is [2H]C1C(=C)N([2H])C(=O)C([2H])(C(C)(C)C)C1[2H]. The zero-order valence-electron chi connectivity index (χ0n) is 11.7. The normalized spacial score (nSPS) is 49.4. The van der Waals surface area contributed by atoms with Crippen molar-refractivity contribution in [3.05, 3.63) is 12.3 Å². The molecule has 2 nitrogen and oxygen atoms in total. The van der Waals surface area contributed by atoms with Gasteiger partial charge in [0.15, 0.2) is 1.41 Å². The van der Waals surface area contributed by atoms with E-state index in [1.165, 1.54) is 0 Å². The van der Waals surface area contributed by atoms with E-state index in [1.54, 1.807) is 20.8 Å². The number of carbonyl (C=O) groups excluding carboxylic acids is 1. The van der Waals surface area contributed by atoms with E-state index in [1.807, 2.05) is 0 Å². The Balaban J connectivity index is 3.29. The van der Waals surface area contributed by atoms with Crippen molar-refractivity contribution in [2.24, 2.45) is 11.3 Å². The number of nitrogens with one attached hydrogen (secondary N) is 1. The van der Waals surface area contributed by atoms with Crippen molar-refractivity contribution in [2.75, 3.05) is 0 Å². The molecule has 0 aromatic rings. The van der Waals surface area contributed by atoms with E-state index >= 15 is 0 Å². The van der Waals surface area contributed by atoms with Crippen LogP contribution in [-0.2, 0) is 4.79 Å². The van der Waals surface area contributed by atoms with Crippen LogP contribution in [0, 0.1) is 11.3 Å². The molecule has 0 radical (unpaired) electrons. The summed E-state index contributed by atoms with van der Waals surface area (Å²) >= 11 is 0. The molecule has 12 heavy (non-hydrogen) atoms. The second-order valence-electron chi connectivity index (χ2n) is 3.91. The van der Waals surface area contributed by atoms with E-state index < -0.39 is 30.0 Å². The highest BCUT2D eigenvalue weighted by molar-refractivity contribution is 5.82. The minimum atomic E-state index is -1.78. The Morgan fingerprint density at radius 2 is 2.42 bits per heavy atom. The van der Waals surface area contributed by atoms with Crippen molar-refractivity contribution in [1.82, 2.24) is 5.31 Å². The molecule has 3 atom stereocenters. The summed E-state index contributed by atoms with van der Waals surface area (Å²) in [5, 5.41) is 0.501. The number of allylic oxidation sites excluding steroid dienone is 1. The summed E-state index contributed by atoms with van der Waals surface area (Å²) in [4.78, 5) is 11.9. The zero-order chi connectivity index (χ0) is 12.9. The third-order valence-corrected chi connectivity index (χ3v) is 1.73. The standard InChI is InChI=1S/C10H17NO/c1-7-5-6-8(9(12)11-7)10(2,3)4/h8H,1,5-6H2,2-4H3,(H,11,12)/i5D,6D,8D/hD. The van der Waals surface area contributed by atoms with Gasteiger partial charge in [-0.25, -0.2) is 0 Å². The smallest absolute Gasteiger partial charge is 0.227 e. The molecule has 1 aliphatic rings. The summed E-state index contributed by atoms with van der Waals surface area (Å²) < 4.78 is 31.3. The summed E-state index contributed by atoms with van der Waals surface area (Å²) in [5.41, 5.74) is -0.826. The lowest BCUT2D eigenvalue weighted by atomic mass is 9.76. The molecule has 0 saturated carbocycles. The van der Waals surface area contributed by atoms with Crippen molar-refractivity contribution >= 4 is 5.91 Å². The topological polar surface area (TPSA) is 29.1 Å². The largest absolute Gasteiger partial charge is 0.330 e. The van der Waals surface area contributed by atoms with Gasteiger partial charge in [0.05, 0.1) is 0 Å². The number of hydrogen-bond donors (Lipinski definition) is 1. The van der Waals surface area contributed by atoms with Gasteiger partial charge >= 0.3 is 0 Å². The first-order valence-electron chi connectivity index (χ1n) is 6.02. The van der Waals surface area contributed by atoms with E-state index in [0.717, 1.165) is 0 Å². The maximum atomic E-state index is 11.9. The lowest BCUT2D eigenvalue weighted by molar-refractivity contribution is -0.129. The van der Waals surface area contributed by atoms with E-state index in [2.05, 4.69) is 6.58 Å². The molecule has 0 spiro atoms. The Labute approximate surface area is 79.7 Å². The van der Waals surface area contributed by atoms with Crippen LogP contribution in [0.3, 0.4) is 0 Å². The molecule has 3 unspecified atom stereocenters. The highest BCUT2D eigenvalue weighted by Crippen LogP contribution is 2.33. The van der Waals surface area contributed by atoms with Gasteiger partial charge < -0.3 is 5.31 Å². The van der Waals surface area contributed by atoms with Crippen LogP contribution in [0.1, 0.15) is 37.7 Å². The molecule has 1 fully saturated rings. The van der Waals surface area contributed by atoms with Gasteiger partial charge in [0.2, 0.25) is 5.91 Å². The van der Waals surface area contributed by atoms with Gasteiger partial charge in [-0.05, 0) is 18.2 Å². The average molecular weight is 171 g/mol. The molecule has 1 aliphatic heterocycles. The summed E-state index contributed by atoms with van der Waals surface area (Å²) in [5.74, 6) is -2.55. The van der Waals surface area contributed by atoms with Crippen LogP contribution < -0.4 is 5.31 Å². The van der Waals surface area contributed by atoms with Crippen LogP contribution in [0.2, 0.25) is 1.41 Å². The predicted octanol–water partition coefficient (Wildman–Crippen LogP) is 2.07. The van der Waals surface area contributed by atoms with Gasteiger partial charge in [-0.2, -0.15) is 0 Å². The van der Waals surface area contributed by atoms with Crippen LogP contribution in [0.25, 0.3) is 0 Å². The highest BCUT2D eigenvalue weighted by Gasteiger charge is 2.33. The highest BCUT2D eigenvalue weighted by atomic mass is 16.2. The molecule has 0 aromatic heterocycles. The molecule has 1 N–H and O–H groups in total. The number of amides is 1. The Kier molecular flexibility index (Phi) is 1.23. The lowest BCUT2D eigenvalue weighted by Crippen LogP contribution is -2.41. The number of piperidine rings is 1. The predicted molar refractivity (Wildman–Crippen MR) is 49.5 cm³/mol. The van der Waals surface area contributed by atoms with Gasteiger partial charge in [0.1, 0.15) is 0 Å². The molecule has 1 amide bonds. The lowest BCUT2D eigenvalue weighted by Gasteiger charge is -2.33. The van der Waals surface area contributed by atoms with E-state index in [-0.39, 0.29) is 5.70 Å². The Hall–Kier alpha value is -0.790. The van der Waals surface area contributed by atoms with Gasteiger partial charge in [-0.15, -0.1) is 0 Å². The van der Waals surface area contributed by atoms with Crippen molar-refractivity contribution in [3.63, 3.8) is 0 Å². The summed E-state index contributed by atoms with van der Waals surface area (Å²) in [6, 6.07) is 0. The summed E-state index contributed by atoms with van der Waals surface area (Å²) in [6.07, 6.45) is -2.32. The van der Waals surface area contributed by atoms with Gasteiger partial charge in [0, 0.05) is 15.7 Å². The second-order valence-corrected chi connectivity index (χ2v) is 3.91. The maximum absolute atomic E-state index is 11.9. The molecule has 0 aliphatic carbocycles. The average Bonchev–Trinajstić information content (AvgIpc) is 2.19. The quantitative estimate of drug-likeness (QED) is 0.594. The number of hydrogen-bond acceptors (Lipinski definition) is 1. The Morgan fingerprint density at radius 1 is 1.83 bits per heavy atom. The first kappa shape index (κ1) is 5.05. The van der Waals surface area contributed by atoms with E-state index in [9.17, 15) is 4.79 Å². The summed E-state index contributed by atoms with van der Waals surface area (Å²) in [6.45, 7) is 8.48. The van der Waals surface area contributed by atoms with Crippen molar-refractivity contribution < 1.29 is 10.3 Å². The molecule has 68 valence electrons. The Bertz CT molecular complexity index is 338.